The largest absolute Gasteiger partial charge is 0.495 e. The lowest BCUT2D eigenvalue weighted by Gasteiger charge is -2.12. The topological polar surface area (TPSA) is 90.5 Å². The van der Waals surface area contributed by atoms with Gasteiger partial charge < -0.3 is 13.7 Å². The molecular formula is C21H23N5O3S. The van der Waals surface area contributed by atoms with E-state index in [0.29, 0.717) is 17.3 Å². The Bertz CT molecular complexity index is 1290. The number of rotatable bonds is 6. The summed E-state index contributed by atoms with van der Waals surface area (Å²) < 4.78 is 37.6. The van der Waals surface area contributed by atoms with Crippen molar-refractivity contribution in [3.8, 4) is 17.0 Å². The highest BCUT2D eigenvalue weighted by molar-refractivity contribution is 7.92. The minimum Gasteiger partial charge on any atom is -0.495 e. The van der Waals surface area contributed by atoms with Gasteiger partial charge in [-0.25, -0.2) is 9.97 Å². The second-order valence-electron chi connectivity index (χ2n) is 7.32. The van der Waals surface area contributed by atoms with Crippen molar-refractivity contribution in [2.24, 2.45) is 7.05 Å². The van der Waals surface area contributed by atoms with Crippen LogP contribution in [0.3, 0.4) is 0 Å². The van der Waals surface area contributed by atoms with Crippen LogP contribution in [0.5, 0.6) is 5.75 Å². The third-order valence-electron chi connectivity index (χ3n) is 4.79. The average Bonchev–Trinajstić information content (AvgIpc) is 3.31. The lowest BCUT2D eigenvalue weighted by molar-refractivity contribution is 0.417. The summed E-state index contributed by atoms with van der Waals surface area (Å²) in [5.74, 6) is 1.21. The molecule has 156 valence electrons. The van der Waals surface area contributed by atoms with Crippen molar-refractivity contribution in [1.29, 1.82) is 0 Å². The number of sulfonamides is 1. The first-order valence-corrected chi connectivity index (χ1v) is 10.9. The highest BCUT2D eigenvalue weighted by atomic mass is 32.2. The summed E-state index contributed by atoms with van der Waals surface area (Å²) in [4.78, 5) is 8.90. The molecule has 0 radical (unpaired) electrons. The third-order valence-corrected chi connectivity index (χ3v) is 6.02. The quantitative estimate of drug-likeness (QED) is 0.509. The summed E-state index contributed by atoms with van der Waals surface area (Å²) in [6.45, 7) is 3.93. The van der Waals surface area contributed by atoms with E-state index in [0.717, 1.165) is 16.9 Å². The lowest BCUT2D eigenvalue weighted by Crippen LogP contribution is -2.14. The SMILES string of the molecule is COc1ccc(-c2cn3ccccc3n2)cc1NS(=O)(=O)c1cn(C)c(C(C)C)n1. The predicted molar refractivity (Wildman–Crippen MR) is 115 cm³/mol. The summed E-state index contributed by atoms with van der Waals surface area (Å²) in [7, 11) is -0.613. The molecule has 0 bridgehead atoms. The van der Waals surface area contributed by atoms with Gasteiger partial charge in [0.05, 0.1) is 18.5 Å². The van der Waals surface area contributed by atoms with E-state index >= 15 is 0 Å². The van der Waals surface area contributed by atoms with Crippen LogP contribution in [0.2, 0.25) is 0 Å². The molecule has 0 spiro atoms. The maximum Gasteiger partial charge on any atom is 0.281 e. The molecule has 4 aromatic rings. The fraction of sp³-hybridized carbons (Fsp3) is 0.238. The zero-order valence-corrected chi connectivity index (χ0v) is 18.0. The molecule has 0 saturated heterocycles. The van der Waals surface area contributed by atoms with Crippen molar-refractivity contribution in [2.45, 2.75) is 24.8 Å². The zero-order valence-electron chi connectivity index (χ0n) is 17.2. The van der Waals surface area contributed by atoms with Crippen LogP contribution in [-0.2, 0) is 17.1 Å². The summed E-state index contributed by atoms with van der Waals surface area (Å²) in [5, 5.41) is -0.0334. The molecular weight excluding hydrogens is 402 g/mol. The van der Waals surface area contributed by atoms with Gasteiger partial charge in [-0.2, -0.15) is 8.42 Å². The Kier molecular flexibility index (Phi) is 4.98. The van der Waals surface area contributed by atoms with Gasteiger partial charge >= 0.3 is 0 Å². The molecule has 8 nitrogen and oxygen atoms in total. The van der Waals surface area contributed by atoms with Crippen LogP contribution in [0.4, 0.5) is 5.69 Å². The number of hydrogen-bond acceptors (Lipinski definition) is 5. The van der Waals surface area contributed by atoms with E-state index in [1.54, 1.807) is 23.7 Å². The number of methoxy groups -OCH3 is 1. The van der Waals surface area contributed by atoms with E-state index in [1.807, 2.05) is 54.9 Å². The molecule has 1 aromatic carbocycles. The van der Waals surface area contributed by atoms with Crippen molar-refractivity contribution in [1.82, 2.24) is 18.9 Å². The molecule has 0 aliphatic carbocycles. The van der Waals surface area contributed by atoms with Crippen LogP contribution in [0.1, 0.15) is 25.6 Å². The van der Waals surface area contributed by atoms with Gasteiger partial charge in [0.25, 0.3) is 10.0 Å². The number of nitrogens with zero attached hydrogens (tertiary/aromatic N) is 4. The molecule has 3 aromatic heterocycles. The van der Waals surface area contributed by atoms with Gasteiger partial charge in [-0.3, -0.25) is 4.72 Å². The first kappa shape index (κ1) is 20.0. The van der Waals surface area contributed by atoms with Crippen molar-refractivity contribution < 1.29 is 13.2 Å². The molecule has 0 amide bonds. The van der Waals surface area contributed by atoms with Crippen molar-refractivity contribution in [2.75, 3.05) is 11.8 Å². The Labute approximate surface area is 175 Å². The number of fused-ring (bicyclic) bond motifs is 1. The van der Waals surface area contributed by atoms with Crippen LogP contribution in [0.15, 0.2) is 60.0 Å². The Balaban J connectivity index is 1.72. The fourth-order valence-corrected chi connectivity index (χ4v) is 4.40. The highest BCUT2D eigenvalue weighted by Crippen LogP contribution is 2.32. The van der Waals surface area contributed by atoms with Crippen LogP contribution >= 0.6 is 0 Å². The summed E-state index contributed by atoms with van der Waals surface area (Å²) >= 11 is 0. The molecule has 0 saturated carbocycles. The number of imidazole rings is 2. The van der Waals surface area contributed by atoms with Gasteiger partial charge in [-0.05, 0) is 30.3 Å². The number of ether oxygens (including phenoxy) is 1. The molecule has 0 aliphatic heterocycles. The first-order valence-electron chi connectivity index (χ1n) is 9.46. The molecule has 9 heteroatoms. The smallest absolute Gasteiger partial charge is 0.281 e. The van der Waals surface area contributed by atoms with Gasteiger partial charge in [0, 0.05) is 37.1 Å². The van der Waals surface area contributed by atoms with Crippen LogP contribution < -0.4 is 9.46 Å². The van der Waals surface area contributed by atoms with Gasteiger partial charge in [0.1, 0.15) is 17.2 Å². The van der Waals surface area contributed by atoms with Gasteiger partial charge in [-0.1, -0.05) is 19.9 Å². The predicted octanol–water partition coefficient (Wildman–Crippen LogP) is 3.67. The Morgan fingerprint density at radius 1 is 1.10 bits per heavy atom. The van der Waals surface area contributed by atoms with Crippen molar-refractivity contribution in [3.63, 3.8) is 0 Å². The molecule has 3 heterocycles. The summed E-state index contributed by atoms with van der Waals surface area (Å²) in [6.07, 6.45) is 5.31. The molecule has 30 heavy (non-hydrogen) atoms. The zero-order chi connectivity index (χ0) is 21.5. The highest BCUT2D eigenvalue weighted by Gasteiger charge is 2.22. The number of aryl methyl sites for hydroxylation is 1. The minimum atomic E-state index is -3.89. The van der Waals surface area contributed by atoms with Gasteiger partial charge in [0.15, 0.2) is 5.03 Å². The molecule has 0 fully saturated rings. The molecule has 0 unspecified atom stereocenters. The molecule has 0 atom stereocenters. The number of anilines is 1. The van der Waals surface area contributed by atoms with Gasteiger partial charge in [-0.15, -0.1) is 0 Å². The van der Waals surface area contributed by atoms with E-state index in [2.05, 4.69) is 14.7 Å². The number of hydrogen-bond donors (Lipinski definition) is 1. The van der Waals surface area contributed by atoms with Crippen LogP contribution in [-0.4, -0.2) is 34.5 Å². The Morgan fingerprint density at radius 2 is 1.90 bits per heavy atom. The Morgan fingerprint density at radius 3 is 2.57 bits per heavy atom. The first-order chi connectivity index (χ1) is 14.3. The monoisotopic (exact) mass is 425 g/mol. The lowest BCUT2D eigenvalue weighted by atomic mass is 10.1. The number of aromatic nitrogens is 4. The average molecular weight is 426 g/mol. The van der Waals surface area contributed by atoms with E-state index < -0.39 is 10.0 Å². The second kappa shape index (κ2) is 7.49. The van der Waals surface area contributed by atoms with Crippen molar-refractivity contribution in [3.05, 3.63) is 60.8 Å². The van der Waals surface area contributed by atoms with Crippen LogP contribution in [0, 0.1) is 0 Å². The van der Waals surface area contributed by atoms with Crippen LogP contribution in [0.25, 0.3) is 16.9 Å². The minimum absolute atomic E-state index is 0.0334. The van der Waals surface area contributed by atoms with E-state index in [1.165, 1.54) is 13.3 Å². The summed E-state index contributed by atoms with van der Waals surface area (Å²) in [6, 6.07) is 11.0. The summed E-state index contributed by atoms with van der Waals surface area (Å²) in [5.41, 5.74) is 2.62. The van der Waals surface area contributed by atoms with E-state index in [9.17, 15) is 8.42 Å². The van der Waals surface area contributed by atoms with Crippen molar-refractivity contribution >= 4 is 21.4 Å². The standard InChI is InChI=1S/C21H23N5O3S/c1-14(2)21-23-20(13-25(21)3)30(27,28)24-16-11-15(8-9-18(16)29-4)17-12-26-10-6-5-7-19(26)22-17/h5-14,24H,1-4H3. The maximum absolute atomic E-state index is 13.0. The number of nitrogens with one attached hydrogen (secondary N) is 1. The van der Waals surface area contributed by atoms with E-state index in [-0.39, 0.29) is 10.9 Å². The third kappa shape index (κ3) is 3.63. The molecule has 0 aliphatic rings. The van der Waals surface area contributed by atoms with E-state index in [4.69, 9.17) is 4.74 Å². The normalized spacial score (nSPS) is 11.9. The second-order valence-corrected chi connectivity index (χ2v) is 8.95. The Hall–Kier alpha value is -3.33. The van der Waals surface area contributed by atoms with Gasteiger partial charge in [0.2, 0.25) is 0 Å². The number of benzene rings is 1. The number of pyridine rings is 1. The fourth-order valence-electron chi connectivity index (χ4n) is 3.34. The maximum atomic E-state index is 13.0. The molecule has 1 N–H and O–H groups in total. The molecule has 4 rings (SSSR count).